The molecule has 1 heterocycles. The molecule has 2 aromatic rings. The third-order valence-corrected chi connectivity index (χ3v) is 2.68. The van der Waals surface area contributed by atoms with Crippen molar-refractivity contribution in [2.75, 3.05) is 0 Å². The first-order valence-corrected chi connectivity index (χ1v) is 5.58. The molecule has 1 atom stereocenters. The highest BCUT2D eigenvalue weighted by atomic mass is 19.1. The summed E-state index contributed by atoms with van der Waals surface area (Å²) in [5.41, 5.74) is 8.87. The predicted octanol–water partition coefficient (Wildman–Crippen LogP) is 2.77. The lowest BCUT2D eigenvalue weighted by atomic mass is 10.0. The number of nitrogens with zero attached hydrogens (tertiary/aromatic N) is 1. The summed E-state index contributed by atoms with van der Waals surface area (Å²) in [4.78, 5) is 4.29. The zero-order chi connectivity index (χ0) is 12.3. The highest BCUT2D eigenvalue weighted by Crippen LogP contribution is 2.16. The van der Waals surface area contributed by atoms with Gasteiger partial charge in [-0.05, 0) is 36.2 Å². The molecule has 0 radical (unpaired) electrons. The Labute approximate surface area is 100 Å². The van der Waals surface area contributed by atoms with Crippen molar-refractivity contribution in [2.24, 2.45) is 5.73 Å². The molecule has 0 amide bonds. The molecule has 2 nitrogen and oxygen atoms in total. The monoisotopic (exact) mass is 230 g/mol. The molecule has 0 saturated heterocycles. The second kappa shape index (κ2) is 5.06. The minimum Gasteiger partial charge on any atom is -0.324 e. The van der Waals surface area contributed by atoms with Gasteiger partial charge in [0.25, 0.3) is 0 Å². The Kier molecular flexibility index (Phi) is 3.49. The van der Waals surface area contributed by atoms with Crippen LogP contribution in [0.4, 0.5) is 4.39 Å². The van der Waals surface area contributed by atoms with Crippen LogP contribution in [0.15, 0.2) is 42.6 Å². The number of aromatic nitrogens is 1. The van der Waals surface area contributed by atoms with Gasteiger partial charge in [0, 0.05) is 24.4 Å². The quantitative estimate of drug-likeness (QED) is 0.880. The normalized spacial score (nSPS) is 12.4. The molecule has 0 saturated carbocycles. The van der Waals surface area contributed by atoms with E-state index < -0.39 is 0 Å². The Morgan fingerprint density at radius 2 is 2.12 bits per heavy atom. The standard InChI is InChI=1S/C14H15FN2/c1-10-5-6-13(17-9-10)8-14(16)11-3-2-4-12(15)7-11/h2-7,9,14H,8,16H2,1H3. The molecule has 0 bridgehead atoms. The van der Waals surface area contributed by atoms with Crippen LogP contribution in [0.3, 0.4) is 0 Å². The third-order valence-electron chi connectivity index (χ3n) is 2.68. The summed E-state index contributed by atoms with van der Waals surface area (Å²) in [6.45, 7) is 1.99. The molecular weight excluding hydrogens is 215 g/mol. The lowest BCUT2D eigenvalue weighted by Crippen LogP contribution is -2.14. The van der Waals surface area contributed by atoms with Gasteiger partial charge in [-0.2, -0.15) is 0 Å². The highest BCUT2D eigenvalue weighted by molar-refractivity contribution is 5.22. The van der Waals surface area contributed by atoms with Crippen LogP contribution in [0.1, 0.15) is 22.9 Å². The fourth-order valence-corrected chi connectivity index (χ4v) is 1.70. The van der Waals surface area contributed by atoms with Gasteiger partial charge in [0.05, 0.1) is 0 Å². The van der Waals surface area contributed by atoms with Crippen LogP contribution in [0.2, 0.25) is 0 Å². The van der Waals surface area contributed by atoms with E-state index >= 15 is 0 Å². The van der Waals surface area contributed by atoms with E-state index in [1.54, 1.807) is 6.07 Å². The van der Waals surface area contributed by atoms with Crippen LogP contribution in [-0.4, -0.2) is 4.98 Å². The van der Waals surface area contributed by atoms with E-state index in [-0.39, 0.29) is 11.9 Å². The van der Waals surface area contributed by atoms with Crippen molar-refractivity contribution >= 4 is 0 Å². The SMILES string of the molecule is Cc1ccc(CC(N)c2cccc(F)c2)nc1. The first-order valence-electron chi connectivity index (χ1n) is 5.58. The van der Waals surface area contributed by atoms with Gasteiger partial charge in [0.15, 0.2) is 0 Å². The molecule has 0 aliphatic carbocycles. The van der Waals surface area contributed by atoms with Gasteiger partial charge in [0.2, 0.25) is 0 Å². The fourth-order valence-electron chi connectivity index (χ4n) is 1.70. The van der Waals surface area contributed by atoms with Gasteiger partial charge in [0.1, 0.15) is 5.82 Å². The molecule has 1 unspecified atom stereocenters. The molecule has 0 aliphatic rings. The average Bonchev–Trinajstić information content (AvgIpc) is 2.32. The van der Waals surface area contributed by atoms with Crippen LogP contribution in [0, 0.1) is 12.7 Å². The Morgan fingerprint density at radius 3 is 2.76 bits per heavy atom. The summed E-state index contributed by atoms with van der Waals surface area (Å²) in [6.07, 6.45) is 2.43. The van der Waals surface area contributed by atoms with Crippen molar-refractivity contribution < 1.29 is 4.39 Å². The number of hydrogen-bond donors (Lipinski definition) is 1. The Bertz CT molecular complexity index is 494. The zero-order valence-corrected chi connectivity index (χ0v) is 9.73. The van der Waals surface area contributed by atoms with Crippen molar-refractivity contribution in [1.82, 2.24) is 4.98 Å². The maximum atomic E-state index is 13.0. The molecule has 0 fully saturated rings. The van der Waals surface area contributed by atoms with Gasteiger partial charge in [-0.25, -0.2) is 4.39 Å². The average molecular weight is 230 g/mol. The molecule has 0 aliphatic heterocycles. The molecule has 88 valence electrons. The number of halogens is 1. The van der Waals surface area contributed by atoms with Crippen LogP contribution >= 0.6 is 0 Å². The molecule has 17 heavy (non-hydrogen) atoms. The maximum absolute atomic E-state index is 13.0. The van der Waals surface area contributed by atoms with Crippen LogP contribution in [0.25, 0.3) is 0 Å². The summed E-state index contributed by atoms with van der Waals surface area (Å²) in [6, 6.07) is 10.1. The van der Waals surface area contributed by atoms with E-state index in [2.05, 4.69) is 4.98 Å². The number of hydrogen-bond acceptors (Lipinski definition) is 2. The van der Waals surface area contributed by atoms with Crippen molar-refractivity contribution in [1.29, 1.82) is 0 Å². The van der Waals surface area contributed by atoms with Crippen LogP contribution in [-0.2, 0) is 6.42 Å². The molecule has 2 N–H and O–H groups in total. The smallest absolute Gasteiger partial charge is 0.123 e. The second-order valence-electron chi connectivity index (χ2n) is 4.19. The summed E-state index contributed by atoms with van der Waals surface area (Å²) < 4.78 is 13.0. The van der Waals surface area contributed by atoms with Gasteiger partial charge in [-0.15, -0.1) is 0 Å². The van der Waals surface area contributed by atoms with Gasteiger partial charge in [-0.3, -0.25) is 4.98 Å². The minimum atomic E-state index is -0.255. The Morgan fingerprint density at radius 1 is 1.29 bits per heavy atom. The maximum Gasteiger partial charge on any atom is 0.123 e. The molecule has 1 aromatic carbocycles. The summed E-state index contributed by atoms with van der Waals surface area (Å²) in [5, 5.41) is 0. The van der Waals surface area contributed by atoms with Gasteiger partial charge < -0.3 is 5.73 Å². The molecule has 0 spiro atoms. The van der Waals surface area contributed by atoms with E-state index in [0.717, 1.165) is 16.8 Å². The zero-order valence-electron chi connectivity index (χ0n) is 9.73. The van der Waals surface area contributed by atoms with Crippen molar-refractivity contribution in [3.63, 3.8) is 0 Å². The number of pyridine rings is 1. The molecule has 3 heteroatoms. The fraction of sp³-hybridized carbons (Fsp3) is 0.214. The van der Waals surface area contributed by atoms with E-state index in [4.69, 9.17) is 5.73 Å². The molecule has 2 rings (SSSR count). The largest absolute Gasteiger partial charge is 0.324 e. The Hall–Kier alpha value is -1.74. The van der Waals surface area contributed by atoms with E-state index in [1.165, 1.54) is 12.1 Å². The molecular formula is C14H15FN2. The second-order valence-corrected chi connectivity index (χ2v) is 4.19. The van der Waals surface area contributed by atoms with Crippen molar-refractivity contribution in [3.05, 3.63) is 65.2 Å². The van der Waals surface area contributed by atoms with Gasteiger partial charge in [-0.1, -0.05) is 18.2 Å². The number of benzene rings is 1. The Balaban J connectivity index is 2.11. The van der Waals surface area contributed by atoms with Crippen LogP contribution in [0.5, 0.6) is 0 Å². The number of nitrogens with two attached hydrogens (primary N) is 1. The van der Waals surface area contributed by atoms with E-state index in [0.29, 0.717) is 6.42 Å². The highest BCUT2D eigenvalue weighted by Gasteiger charge is 2.08. The molecule has 1 aromatic heterocycles. The van der Waals surface area contributed by atoms with E-state index in [1.807, 2.05) is 31.3 Å². The van der Waals surface area contributed by atoms with Gasteiger partial charge >= 0.3 is 0 Å². The first-order chi connectivity index (χ1) is 8.15. The lowest BCUT2D eigenvalue weighted by Gasteiger charge is -2.11. The van der Waals surface area contributed by atoms with Crippen LogP contribution < -0.4 is 5.73 Å². The van der Waals surface area contributed by atoms with Crippen molar-refractivity contribution in [3.8, 4) is 0 Å². The summed E-state index contributed by atoms with van der Waals surface area (Å²) >= 11 is 0. The lowest BCUT2D eigenvalue weighted by molar-refractivity contribution is 0.617. The summed E-state index contributed by atoms with van der Waals surface area (Å²) in [7, 11) is 0. The number of rotatable bonds is 3. The third kappa shape index (κ3) is 3.11. The van der Waals surface area contributed by atoms with Crippen molar-refractivity contribution in [2.45, 2.75) is 19.4 Å². The summed E-state index contributed by atoms with van der Waals surface area (Å²) in [5.74, 6) is -0.255. The number of aryl methyl sites for hydroxylation is 1. The predicted molar refractivity (Wildman–Crippen MR) is 66.0 cm³/mol. The van der Waals surface area contributed by atoms with E-state index in [9.17, 15) is 4.39 Å². The minimum absolute atomic E-state index is 0.221. The topological polar surface area (TPSA) is 38.9 Å². The first kappa shape index (κ1) is 11.7.